The molecule has 1 fully saturated rings. The summed E-state index contributed by atoms with van der Waals surface area (Å²) in [5.41, 5.74) is 0. The molecule has 7 nitrogen and oxygen atoms in total. The molecule has 0 bridgehead atoms. The Morgan fingerprint density at radius 3 is 1.90 bits per heavy atom. The van der Waals surface area contributed by atoms with Crippen molar-refractivity contribution in [3.05, 3.63) is 5.82 Å². The minimum atomic E-state index is 0.0316. The summed E-state index contributed by atoms with van der Waals surface area (Å²) in [4.78, 5) is 13.1. The smallest absolute Gasteiger partial charge is 0.227 e. The Hall–Kier alpha value is -1.47. The quantitative estimate of drug-likeness (QED) is 0.584. The Morgan fingerprint density at radius 1 is 0.850 bits per heavy atom. The van der Waals surface area contributed by atoms with Crippen molar-refractivity contribution in [3.63, 3.8) is 0 Å². The van der Waals surface area contributed by atoms with Crippen molar-refractivity contribution >= 4 is 11.9 Å². The molecular formula is C13H23N5O2. The molecule has 2 rings (SSSR count). The first-order valence-electron chi connectivity index (χ1n) is 7.29. The summed E-state index contributed by atoms with van der Waals surface area (Å²) >= 11 is 0. The van der Waals surface area contributed by atoms with Crippen molar-refractivity contribution in [1.82, 2.24) is 15.0 Å². The molecule has 0 unspecified atom stereocenters. The predicted octanol–water partition coefficient (Wildman–Crippen LogP) is 0.728. The van der Waals surface area contributed by atoms with Gasteiger partial charge in [-0.2, -0.15) is 15.0 Å². The third-order valence-electron chi connectivity index (χ3n) is 3.41. The maximum atomic E-state index is 8.87. The number of hydrogen-bond donors (Lipinski definition) is 4. The minimum Gasteiger partial charge on any atom is -0.395 e. The average Bonchev–Trinajstić information content (AvgIpc) is 2.51. The molecule has 1 heterocycles. The number of hydrogen-bond acceptors (Lipinski definition) is 7. The summed E-state index contributed by atoms with van der Waals surface area (Å²) in [5, 5.41) is 23.7. The van der Waals surface area contributed by atoms with Crippen molar-refractivity contribution in [2.75, 3.05) is 36.9 Å². The van der Waals surface area contributed by atoms with Crippen LogP contribution in [0.15, 0.2) is 0 Å². The lowest BCUT2D eigenvalue weighted by molar-refractivity contribution is 0.310. The molecular weight excluding hydrogens is 258 g/mol. The molecule has 0 aliphatic heterocycles. The first-order chi connectivity index (χ1) is 9.83. The highest BCUT2D eigenvalue weighted by atomic mass is 16.3. The first kappa shape index (κ1) is 14.9. The van der Waals surface area contributed by atoms with Gasteiger partial charge >= 0.3 is 0 Å². The fourth-order valence-corrected chi connectivity index (χ4v) is 2.43. The Morgan fingerprint density at radius 2 is 1.40 bits per heavy atom. The Bertz CT molecular complexity index is 383. The zero-order chi connectivity index (χ0) is 14.2. The largest absolute Gasteiger partial charge is 0.395 e. The van der Waals surface area contributed by atoms with E-state index in [9.17, 15) is 0 Å². The van der Waals surface area contributed by atoms with Crippen molar-refractivity contribution in [1.29, 1.82) is 0 Å². The summed E-state index contributed by atoms with van der Waals surface area (Å²) in [5.74, 6) is 2.15. The van der Waals surface area contributed by atoms with E-state index in [0.29, 0.717) is 30.9 Å². The van der Waals surface area contributed by atoms with Gasteiger partial charge in [-0.25, -0.2) is 0 Å². The normalized spacial score (nSPS) is 16.1. The molecule has 0 amide bonds. The van der Waals surface area contributed by atoms with E-state index >= 15 is 0 Å². The second-order valence-corrected chi connectivity index (χ2v) is 4.98. The van der Waals surface area contributed by atoms with E-state index < -0.39 is 0 Å². The van der Waals surface area contributed by atoms with Crippen LogP contribution in [-0.2, 0) is 0 Å². The molecule has 1 aromatic rings. The summed E-state index contributed by atoms with van der Waals surface area (Å²) in [7, 11) is 0. The van der Waals surface area contributed by atoms with Crippen LogP contribution in [0.2, 0.25) is 0 Å². The van der Waals surface area contributed by atoms with Crippen LogP contribution in [-0.4, -0.2) is 51.5 Å². The van der Waals surface area contributed by atoms with Gasteiger partial charge in [0.05, 0.1) is 13.2 Å². The zero-order valence-electron chi connectivity index (χ0n) is 11.7. The van der Waals surface area contributed by atoms with E-state index in [-0.39, 0.29) is 13.2 Å². The van der Waals surface area contributed by atoms with Crippen LogP contribution in [0.1, 0.15) is 43.8 Å². The number of aliphatic hydroxyl groups excluding tert-OH is 2. The van der Waals surface area contributed by atoms with Gasteiger partial charge in [-0.3, -0.25) is 0 Å². The van der Waals surface area contributed by atoms with E-state index in [0.717, 1.165) is 18.7 Å². The summed E-state index contributed by atoms with van der Waals surface area (Å²) < 4.78 is 0. The van der Waals surface area contributed by atoms with Crippen LogP contribution in [0.5, 0.6) is 0 Å². The second kappa shape index (κ2) is 7.96. The molecule has 1 aliphatic carbocycles. The Labute approximate surface area is 118 Å². The third-order valence-corrected chi connectivity index (χ3v) is 3.41. The molecule has 7 heteroatoms. The van der Waals surface area contributed by atoms with Gasteiger partial charge < -0.3 is 20.8 Å². The van der Waals surface area contributed by atoms with Gasteiger partial charge in [-0.1, -0.05) is 19.3 Å². The van der Waals surface area contributed by atoms with E-state index in [2.05, 4.69) is 25.6 Å². The molecule has 1 aromatic heterocycles. The van der Waals surface area contributed by atoms with Crippen LogP contribution in [0.3, 0.4) is 0 Å². The van der Waals surface area contributed by atoms with Gasteiger partial charge in [-0.15, -0.1) is 0 Å². The molecule has 0 atom stereocenters. The maximum absolute atomic E-state index is 8.87. The topological polar surface area (TPSA) is 103 Å². The first-order valence-corrected chi connectivity index (χ1v) is 7.29. The Kier molecular flexibility index (Phi) is 5.94. The number of aromatic nitrogens is 3. The van der Waals surface area contributed by atoms with Crippen molar-refractivity contribution < 1.29 is 10.2 Å². The van der Waals surface area contributed by atoms with Crippen molar-refractivity contribution in [2.45, 2.75) is 38.0 Å². The molecule has 20 heavy (non-hydrogen) atoms. The number of anilines is 2. The van der Waals surface area contributed by atoms with Gasteiger partial charge in [0.25, 0.3) is 0 Å². The minimum absolute atomic E-state index is 0.0316. The average molecular weight is 281 g/mol. The summed E-state index contributed by atoms with van der Waals surface area (Å²) in [6, 6.07) is 0. The summed E-state index contributed by atoms with van der Waals surface area (Å²) in [6.45, 7) is 0.884. The SMILES string of the molecule is OCCNc1nc(NCCO)nc(C2CCCCC2)n1. The van der Waals surface area contributed by atoms with E-state index in [1.54, 1.807) is 0 Å². The molecule has 1 aliphatic rings. The lowest BCUT2D eigenvalue weighted by Crippen LogP contribution is -2.17. The predicted molar refractivity (Wildman–Crippen MR) is 76.8 cm³/mol. The molecule has 0 spiro atoms. The Balaban J connectivity index is 2.14. The molecule has 0 radical (unpaired) electrons. The summed E-state index contributed by atoms with van der Waals surface area (Å²) in [6.07, 6.45) is 5.95. The van der Waals surface area contributed by atoms with Crippen LogP contribution < -0.4 is 10.6 Å². The molecule has 4 N–H and O–H groups in total. The highest BCUT2D eigenvalue weighted by Crippen LogP contribution is 2.31. The molecule has 0 aromatic carbocycles. The molecule has 1 saturated carbocycles. The van der Waals surface area contributed by atoms with Crippen molar-refractivity contribution in [2.24, 2.45) is 0 Å². The monoisotopic (exact) mass is 281 g/mol. The third kappa shape index (κ3) is 4.28. The van der Waals surface area contributed by atoms with Crippen LogP contribution in [0, 0.1) is 0 Å². The second-order valence-electron chi connectivity index (χ2n) is 4.98. The highest BCUT2D eigenvalue weighted by Gasteiger charge is 2.20. The fourth-order valence-electron chi connectivity index (χ4n) is 2.43. The highest BCUT2D eigenvalue weighted by molar-refractivity contribution is 5.35. The molecule has 112 valence electrons. The lowest BCUT2D eigenvalue weighted by Gasteiger charge is -2.21. The van der Waals surface area contributed by atoms with Gasteiger partial charge in [0, 0.05) is 19.0 Å². The number of nitrogens with one attached hydrogen (secondary N) is 2. The number of nitrogens with zero attached hydrogens (tertiary/aromatic N) is 3. The van der Waals surface area contributed by atoms with Gasteiger partial charge in [0.1, 0.15) is 5.82 Å². The van der Waals surface area contributed by atoms with Gasteiger partial charge in [0.15, 0.2) is 0 Å². The number of aliphatic hydroxyl groups is 2. The molecule has 0 saturated heterocycles. The van der Waals surface area contributed by atoms with E-state index in [1.807, 2.05) is 0 Å². The van der Waals surface area contributed by atoms with Gasteiger partial charge in [0.2, 0.25) is 11.9 Å². The number of rotatable bonds is 7. The zero-order valence-corrected chi connectivity index (χ0v) is 11.7. The van der Waals surface area contributed by atoms with Crippen LogP contribution >= 0.6 is 0 Å². The van der Waals surface area contributed by atoms with Crippen LogP contribution in [0.4, 0.5) is 11.9 Å². The van der Waals surface area contributed by atoms with E-state index in [1.165, 1.54) is 19.3 Å². The van der Waals surface area contributed by atoms with E-state index in [4.69, 9.17) is 10.2 Å². The standard InChI is InChI=1S/C13H23N5O2/c19-8-6-14-12-16-11(10-4-2-1-3-5-10)17-13(18-12)15-7-9-20/h10,19-20H,1-9H2,(H2,14,15,16,17,18). The van der Waals surface area contributed by atoms with Crippen molar-refractivity contribution in [3.8, 4) is 0 Å². The fraction of sp³-hybridized carbons (Fsp3) is 0.769. The lowest BCUT2D eigenvalue weighted by atomic mass is 9.89. The van der Waals surface area contributed by atoms with Gasteiger partial charge in [-0.05, 0) is 12.8 Å². The maximum Gasteiger partial charge on any atom is 0.227 e. The van der Waals surface area contributed by atoms with Crippen LogP contribution in [0.25, 0.3) is 0 Å².